The lowest BCUT2D eigenvalue weighted by Crippen LogP contribution is -2.17. The Bertz CT molecular complexity index is 899. The van der Waals surface area contributed by atoms with E-state index in [0.717, 1.165) is 28.8 Å². The van der Waals surface area contributed by atoms with Crippen molar-refractivity contribution < 1.29 is 9.53 Å². The van der Waals surface area contributed by atoms with Crippen molar-refractivity contribution in [2.75, 3.05) is 14.2 Å². The first-order valence-electron chi connectivity index (χ1n) is 8.05. The van der Waals surface area contributed by atoms with Gasteiger partial charge in [-0.1, -0.05) is 24.3 Å². The summed E-state index contributed by atoms with van der Waals surface area (Å²) in [7, 11) is 3.38. The third-order valence-electron chi connectivity index (χ3n) is 4.56. The molecule has 1 saturated carbocycles. The van der Waals surface area contributed by atoms with Crippen molar-refractivity contribution in [2.24, 2.45) is 0 Å². The van der Waals surface area contributed by atoms with Crippen LogP contribution in [-0.2, 0) is 4.74 Å². The fourth-order valence-electron chi connectivity index (χ4n) is 3.18. The van der Waals surface area contributed by atoms with E-state index in [1.54, 1.807) is 14.2 Å². The predicted molar refractivity (Wildman–Crippen MR) is 93.0 cm³/mol. The first kappa shape index (κ1) is 14.9. The van der Waals surface area contributed by atoms with Gasteiger partial charge in [0.1, 0.15) is 5.82 Å². The van der Waals surface area contributed by atoms with E-state index in [0.29, 0.717) is 11.6 Å². The maximum Gasteiger partial charge on any atom is 0.251 e. The second-order valence-corrected chi connectivity index (χ2v) is 6.03. The first-order valence-corrected chi connectivity index (χ1v) is 8.05. The number of amides is 1. The summed E-state index contributed by atoms with van der Waals surface area (Å²) >= 11 is 0. The summed E-state index contributed by atoms with van der Waals surface area (Å²) in [4.78, 5) is 16.5. The lowest BCUT2D eigenvalue weighted by Gasteiger charge is -2.09. The summed E-state index contributed by atoms with van der Waals surface area (Å²) < 4.78 is 7.76. The van der Waals surface area contributed by atoms with E-state index in [1.807, 2.05) is 42.5 Å². The molecule has 1 aliphatic rings. The Labute approximate surface area is 140 Å². The number of methoxy groups -OCH3 is 1. The Morgan fingerprint density at radius 1 is 1.21 bits per heavy atom. The molecule has 2 aromatic carbocycles. The van der Waals surface area contributed by atoms with E-state index in [4.69, 9.17) is 9.72 Å². The zero-order chi connectivity index (χ0) is 16.7. The summed E-state index contributed by atoms with van der Waals surface area (Å²) in [5.41, 5.74) is 3.74. The fraction of sp³-hybridized carbons (Fsp3) is 0.263. The molecular weight excluding hydrogens is 302 g/mol. The van der Waals surface area contributed by atoms with Gasteiger partial charge in [0.25, 0.3) is 5.91 Å². The van der Waals surface area contributed by atoms with Crippen LogP contribution in [-0.4, -0.2) is 35.7 Å². The minimum absolute atomic E-state index is 0.0864. The van der Waals surface area contributed by atoms with Gasteiger partial charge in [0.15, 0.2) is 0 Å². The monoisotopic (exact) mass is 321 g/mol. The Morgan fingerprint density at radius 3 is 2.62 bits per heavy atom. The number of carbonyl (C=O) groups is 1. The van der Waals surface area contributed by atoms with Gasteiger partial charge in [-0.3, -0.25) is 4.79 Å². The normalized spacial score (nSPS) is 19.4. The SMILES string of the molecule is CNC(=O)c1ccc(-c2nc3ccccc3n2C2CC2OC)cc1. The average molecular weight is 321 g/mol. The molecule has 24 heavy (non-hydrogen) atoms. The largest absolute Gasteiger partial charge is 0.379 e. The minimum atomic E-state index is -0.0864. The highest BCUT2D eigenvalue weighted by molar-refractivity contribution is 5.94. The first-order chi connectivity index (χ1) is 11.7. The highest BCUT2D eigenvalue weighted by Crippen LogP contribution is 2.43. The van der Waals surface area contributed by atoms with E-state index in [1.165, 1.54) is 0 Å². The molecule has 0 bridgehead atoms. The van der Waals surface area contributed by atoms with E-state index in [2.05, 4.69) is 16.0 Å². The predicted octanol–water partition coefficient (Wildman–Crippen LogP) is 3.02. The van der Waals surface area contributed by atoms with Gasteiger partial charge < -0.3 is 14.6 Å². The molecule has 0 spiro atoms. The fourth-order valence-corrected chi connectivity index (χ4v) is 3.18. The number of imidazole rings is 1. The third-order valence-corrected chi connectivity index (χ3v) is 4.56. The molecule has 1 fully saturated rings. The number of para-hydroxylation sites is 2. The lowest BCUT2D eigenvalue weighted by molar-refractivity contribution is 0.0963. The zero-order valence-corrected chi connectivity index (χ0v) is 13.7. The van der Waals surface area contributed by atoms with Crippen LogP contribution in [0.1, 0.15) is 22.8 Å². The molecule has 122 valence electrons. The average Bonchev–Trinajstić information content (AvgIpc) is 3.32. The highest BCUT2D eigenvalue weighted by Gasteiger charge is 2.41. The van der Waals surface area contributed by atoms with Crippen LogP contribution in [0.4, 0.5) is 0 Å². The van der Waals surface area contributed by atoms with Crippen LogP contribution in [0.25, 0.3) is 22.4 Å². The molecule has 2 atom stereocenters. The maximum absolute atomic E-state index is 11.7. The standard InChI is InChI=1S/C19H19N3O2/c1-20-19(23)13-9-7-12(8-10-13)18-21-14-5-3-4-6-15(14)22(18)16-11-17(16)24-2/h3-10,16-17H,11H2,1-2H3,(H,20,23). The highest BCUT2D eigenvalue weighted by atomic mass is 16.5. The van der Waals surface area contributed by atoms with Crippen molar-refractivity contribution in [3.8, 4) is 11.4 Å². The smallest absolute Gasteiger partial charge is 0.251 e. The number of fused-ring (bicyclic) bond motifs is 1. The number of rotatable bonds is 4. The Hall–Kier alpha value is -2.66. The van der Waals surface area contributed by atoms with Gasteiger partial charge in [-0.25, -0.2) is 4.98 Å². The molecule has 1 aliphatic carbocycles. The Balaban J connectivity index is 1.81. The second-order valence-electron chi connectivity index (χ2n) is 6.03. The topological polar surface area (TPSA) is 56.2 Å². The maximum atomic E-state index is 11.7. The van der Waals surface area contributed by atoms with Crippen LogP contribution >= 0.6 is 0 Å². The van der Waals surface area contributed by atoms with Crippen molar-refractivity contribution in [2.45, 2.75) is 18.6 Å². The van der Waals surface area contributed by atoms with Gasteiger partial charge in [0.05, 0.1) is 23.2 Å². The van der Waals surface area contributed by atoms with Crippen molar-refractivity contribution in [3.63, 3.8) is 0 Å². The molecular formula is C19H19N3O2. The van der Waals surface area contributed by atoms with Crippen LogP contribution < -0.4 is 5.32 Å². The molecule has 5 heteroatoms. The van der Waals surface area contributed by atoms with Crippen LogP contribution in [0.15, 0.2) is 48.5 Å². The number of hydrogen-bond acceptors (Lipinski definition) is 3. The molecule has 1 amide bonds. The summed E-state index contributed by atoms with van der Waals surface area (Å²) in [6.45, 7) is 0. The van der Waals surface area contributed by atoms with Gasteiger partial charge in [0.2, 0.25) is 0 Å². The number of hydrogen-bond donors (Lipinski definition) is 1. The van der Waals surface area contributed by atoms with E-state index in [9.17, 15) is 4.79 Å². The van der Waals surface area contributed by atoms with Gasteiger partial charge in [-0.05, 0) is 30.7 Å². The number of aromatic nitrogens is 2. The minimum Gasteiger partial charge on any atom is -0.379 e. The summed E-state index contributed by atoms with van der Waals surface area (Å²) in [6, 6.07) is 16.0. The van der Waals surface area contributed by atoms with E-state index in [-0.39, 0.29) is 12.0 Å². The van der Waals surface area contributed by atoms with Crippen molar-refractivity contribution in [1.29, 1.82) is 0 Å². The zero-order valence-electron chi connectivity index (χ0n) is 13.7. The molecule has 1 aromatic heterocycles. The van der Waals surface area contributed by atoms with Gasteiger partial charge in [0, 0.05) is 25.3 Å². The van der Waals surface area contributed by atoms with Gasteiger partial charge in [-0.15, -0.1) is 0 Å². The molecule has 5 nitrogen and oxygen atoms in total. The van der Waals surface area contributed by atoms with E-state index < -0.39 is 0 Å². The molecule has 1 heterocycles. The molecule has 0 saturated heterocycles. The van der Waals surface area contributed by atoms with Crippen molar-refractivity contribution >= 4 is 16.9 Å². The molecule has 1 N–H and O–H groups in total. The number of benzene rings is 2. The Kier molecular flexibility index (Phi) is 3.58. The van der Waals surface area contributed by atoms with Gasteiger partial charge in [-0.2, -0.15) is 0 Å². The summed E-state index contributed by atoms with van der Waals surface area (Å²) in [6.07, 6.45) is 1.24. The van der Waals surface area contributed by atoms with Gasteiger partial charge >= 0.3 is 0 Å². The number of ether oxygens (including phenoxy) is 1. The Morgan fingerprint density at radius 2 is 1.96 bits per heavy atom. The van der Waals surface area contributed by atoms with E-state index >= 15 is 0 Å². The van der Waals surface area contributed by atoms with Crippen LogP contribution in [0.3, 0.4) is 0 Å². The molecule has 0 radical (unpaired) electrons. The van der Waals surface area contributed by atoms with Crippen molar-refractivity contribution in [3.05, 3.63) is 54.1 Å². The third kappa shape index (κ3) is 2.37. The molecule has 0 aliphatic heterocycles. The van der Waals surface area contributed by atoms with Crippen LogP contribution in [0.2, 0.25) is 0 Å². The van der Waals surface area contributed by atoms with Crippen LogP contribution in [0.5, 0.6) is 0 Å². The lowest BCUT2D eigenvalue weighted by atomic mass is 10.1. The molecule has 4 rings (SSSR count). The number of nitrogens with one attached hydrogen (secondary N) is 1. The number of carbonyl (C=O) groups excluding carboxylic acids is 1. The quantitative estimate of drug-likeness (QED) is 0.803. The molecule has 3 aromatic rings. The van der Waals surface area contributed by atoms with Crippen LogP contribution in [0, 0.1) is 0 Å². The summed E-state index contributed by atoms with van der Waals surface area (Å²) in [5, 5.41) is 2.64. The second kappa shape index (κ2) is 5.76. The van der Waals surface area contributed by atoms with Crippen molar-refractivity contribution in [1.82, 2.24) is 14.9 Å². The molecule has 2 unspecified atom stereocenters. The number of nitrogens with zero attached hydrogens (tertiary/aromatic N) is 2. The summed E-state index contributed by atoms with van der Waals surface area (Å²) in [5.74, 6) is 0.834.